The van der Waals surface area contributed by atoms with Gasteiger partial charge in [-0.25, -0.2) is 0 Å². The van der Waals surface area contributed by atoms with Gasteiger partial charge in [-0.15, -0.1) is 0 Å². The maximum Gasteiger partial charge on any atom is 0.0240 e. The van der Waals surface area contributed by atoms with E-state index in [0.29, 0.717) is 6.04 Å². The normalized spacial score (nSPS) is 16.4. The third-order valence-corrected chi connectivity index (χ3v) is 5.36. The monoisotopic (exact) mass is 336 g/mol. The van der Waals surface area contributed by atoms with Gasteiger partial charge >= 0.3 is 0 Å². The van der Waals surface area contributed by atoms with Crippen LogP contribution < -0.4 is 0 Å². The van der Waals surface area contributed by atoms with Gasteiger partial charge in [0.2, 0.25) is 0 Å². The van der Waals surface area contributed by atoms with Crippen molar-refractivity contribution in [2.24, 2.45) is 0 Å². The third-order valence-electron chi connectivity index (χ3n) is 5.36. The summed E-state index contributed by atoms with van der Waals surface area (Å²) in [6.45, 7) is 8.18. The van der Waals surface area contributed by atoms with E-state index in [9.17, 15) is 0 Å². The van der Waals surface area contributed by atoms with E-state index in [2.05, 4.69) is 77.4 Å². The minimum atomic E-state index is 0.693. The number of likely N-dealkylation sites (tertiary alicyclic amines) is 1. The minimum Gasteiger partial charge on any atom is -0.303 e. The zero-order chi connectivity index (χ0) is 17.3. The minimum absolute atomic E-state index is 0.693. The molecule has 1 aliphatic rings. The van der Waals surface area contributed by atoms with Crippen LogP contribution in [0.25, 0.3) is 0 Å². The number of hydrogen-bond donors (Lipinski definition) is 0. The van der Waals surface area contributed by atoms with Crippen molar-refractivity contribution in [3.05, 3.63) is 71.8 Å². The van der Waals surface area contributed by atoms with Gasteiger partial charge in [0.1, 0.15) is 0 Å². The van der Waals surface area contributed by atoms with Crippen LogP contribution in [0, 0.1) is 0 Å². The third kappa shape index (κ3) is 5.69. The van der Waals surface area contributed by atoms with Gasteiger partial charge in [-0.2, -0.15) is 0 Å². The molecular formula is C23H32N2. The Morgan fingerprint density at radius 2 is 1.36 bits per heavy atom. The molecule has 1 heterocycles. The second-order valence-corrected chi connectivity index (χ2v) is 7.30. The summed E-state index contributed by atoms with van der Waals surface area (Å²) in [7, 11) is 0. The summed E-state index contributed by atoms with van der Waals surface area (Å²) in [4.78, 5) is 5.35. The molecule has 0 bridgehead atoms. The molecule has 1 saturated heterocycles. The first-order chi connectivity index (χ1) is 12.3. The van der Waals surface area contributed by atoms with Crippen LogP contribution in [0.1, 0.15) is 43.7 Å². The summed E-state index contributed by atoms with van der Waals surface area (Å²) in [5.41, 5.74) is 2.85. The first-order valence-corrected chi connectivity index (χ1v) is 9.89. The molecule has 1 fully saturated rings. The molecule has 134 valence electrons. The Morgan fingerprint density at radius 3 is 1.84 bits per heavy atom. The number of nitrogens with zero attached hydrogens (tertiary/aromatic N) is 2. The molecule has 0 radical (unpaired) electrons. The molecule has 2 nitrogen and oxygen atoms in total. The van der Waals surface area contributed by atoms with E-state index < -0.39 is 0 Å². The predicted octanol–water partition coefficient (Wildman–Crippen LogP) is 4.95. The van der Waals surface area contributed by atoms with Crippen molar-refractivity contribution in [2.75, 3.05) is 19.6 Å². The molecule has 2 aromatic rings. The number of hydrogen-bond acceptors (Lipinski definition) is 2. The highest BCUT2D eigenvalue weighted by atomic mass is 15.2. The van der Waals surface area contributed by atoms with Crippen molar-refractivity contribution in [1.29, 1.82) is 0 Å². The van der Waals surface area contributed by atoms with Gasteiger partial charge in [0.15, 0.2) is 0 Å². The lowest BCUT2D eigenvalue weighted by atomic mass is 10.0. The average Bonchev–Trinajstić information content (AvgIpc) is 2.68. The fourth-order valence-corrected chi connectivity index (χ4v) is 3.84. The van der Waals surface area contributed by atoms with Gasteiger partial charge in [0.25, 0.3) is 0 Å². The molecule has 3 rings (SSSR count). The molecule has 0 saturated carbocycles. The molecule has 25 heavy (non-hydrogen) atoms. The zero-order valence-electron chi connectivity index (χ0n) is 15.6. The molecular weight excluding hydrogens is 304 g/mol. The molecule has 0 amide bonds. The SMILES string of the molecule is CCCCN1CCC(N(Cc2ccccc2)Cc2ccccc2)CC1. The summed E-state index contributed by atoms with van der Waals surface area (Å²) < 4.78 is 0. The predicted molar refractivity (Wildman–Crippen MR) is 107 cm³/mol. The summed E-state index contributed by atoms with van der Waals surface area (Å²) in [5.74, 6) is 0. The fourth-order valence-electron chi connectivity index (χ4n) is 3.84. The Bertz CT molecular complexity index is 547. The van der Waals surface area contributed by atoms with Crippen molar-refractivity contribution < 1.29 is 0 Å². The van der Waals surface area contributed by atoms with Gasteiger partial charge in [-0.3, -0.25) is 4.90 Å². The topological polar surface area (TPSA) is 6.48 Å². The van der Waals surface area contributed by atoms with Crippen LogP contribution in [0.5, 0.6) is 0 Å². The first kappa shape index (κ1) is 18.2. The van der Waals surface area contributed by atoms with Crippen LogP contribution in [-0.4, -0.2) is 35.5 Å². The number of unbranched alkanes of at least 4 members (excludes halogenated alkanes) is 1. The smallest absolute Gasteiger partial charge is 0.0240 e. The number of rotatable bonds is 8. The molecule has 1 aliphatic heterocycles. The zero-order valence-corrected chi connectivity index (χ0v) is 15.6. The van der Waals surface area contributed by atoms with E-state index in [1.54, 1.807) is 0 Å². The van der Waals surface area contributed by atoms with Crippen LogP contribution in [0.15, 0.2) is 60.7 Å². The number of piperidine rings is 1. The standard InChI is InChI=1S/C23H32N2/c1-2-3-16-24-17-14-23(15-18-24)25(19-21-10-6-4-7-11-21)20-22-12-8-5-9-13-22/h4-13,23H,2-3,14-20H2,1H3. The second-order valence-electron chi connectivity index (χ2n) is 7.30. The van der Waals surface area contributed by atoms with Gasteiger partial charge in [0, 0.05) is 19.1 Å². The summed E-state index contributed by atoms with van der Waals surface area (Å²) in [5, 5.41) is 0. The van der Waals surface area contributed by atoms with E-state index in [-0.39, 0.29) is 0 Å². The van der Waals surface area contributed by atoms with Crippen LogP contribution in [-0.2, 0) is 13.1 Å². The molecule has 0 spiro atoms. The van der Waals surface area contributed by atoms with E-state index in [1.807, 2.05) is 0 Å². The molecule has 0 aliphatic carbocycles. The van der Waals surface area contributed by atoms with Gasteiger partial charge in [-0.1, -0.05) is 74.0 Å². The van der Waals surface area contributed by atoms with E-state index in [0.717, 1.165) is 13.1 Å². The van der Waals surface area contributed by atoms with E-state index >= 15 is 0 Å². The maximum atomic E-state index is 2.70. The van der Waals surface area contributed by atoms with Gasteiger partial charge < -0.3 is 4.90 Å². The Labute approximate surface area is 153 Å². The quantitative estimate of drug-likeness (QED) is 0.673. The number of benzene rings is 2. The molecule has 2 aromatic carbocycles. The van der Waals surface area contributed by atoms with Crippen LogP contribution in [0.2, 0.25) is 0 Å². The Balaban J connectivity index is 1.64. The Morgan fingerprint density at radius 1 is 0.840 bits per heavy atom. The van der Waals surface area contributed by atoms with E-state index in [4.69, 9.17) is 0 Å². The van der Waals surface area contributed by atoms with Gasteiger partial charge in [-0.05, 0) is 50.0 Å². The van der Waals surface area contributed by atoms with Crippen molar-refractivity contribution in [2.45, 2.75) is 51.7 Å². The highest BCUT2D eigenvalue weighted by Gasteiger charge is 2.24. The second kappa shape index (κ2) is 9.74. The largest absolute Gasteiger partial charge is 0.303 e. The van der Waals surface area contributed by atoms with Crippen LogP contribution in [0.3, 0.4) is 0 Å². The van der Waals surface area contributed by atoms with Gasteiger partial charge in [0.05, 0.1) is 0 Å². The van der Waals surface area contributed by atoms with Crippen molar-refractivity contribution in [3.63, 3.8) is 0 Å². The molecule has 2 heteroatoms. The molecule has 0 N–H and O–H groups in total. The van der Waals surface area contributed by atoms with E-state index in [1.165, 1.54) is 56.4 Å². The van der Waals surface area contributed by atoms with Crippen LogP contribution >= 0.6 is 0 Å². The maximum absolute atomic E-state index is 2.70. The summed E-state index contributed by atoms with van der Waals surface area (Å²) in [6, 6.07) is 22.6. The molecule has 0 unspecified atom stereocenters. The first-order valence-electron chi connectivity index (χ1n) is 9.89. The average molecular weight is 337 g/mol. The lowest BCUT2D eigenvalue weighted by Crippen LogP contribution is -2.44. The lowest BCUT2D eigenvalue weighted by Gasteiger charge is -2.38. The van der Waals surface area contributed by atoms with Crippen LogP contribution in [0.4, 0.5) is 0 Å². The summed E-state index contributed by atoms with van der Waals surface area (Å²) >= 11 is 0. The Hall–Kier alpha value is -1.64. The van der Waals surface area contributed by atoms with Crippen molar-refractivity contribution >= 4 is 0 Å². The van der Waals surface area contributed by atoms with Crippen molar-refractivity contribution in [3.8, 4) is 0 Å². The molecule has 0 aromatic heterocycles. The fraction of sp³-hybridized carbons (Fsp3) is 0.478. The molecule has 0 atom stereocenters. The summed E-state index contributed by atoms with van der Waals surface area (Å²) in [6.07, 6.45) is 5.23. The Kier molecular flexibility index (Phi) is 7.08. The lowest BCUT2D eigenvalue weighted by molar-refractivity contribution is 0.0959. The highest BCUT2D eigenvalue weighted by Crippen LogP contribution is 2.21. The van der Waals surface area contributed by atoms with Crippen molar-refractivity contribution in [1.82, 2.24) is 9.80 Å². The highest BCUT2D eigenvalue weighted by molar-refractivity contribution is 5.17.